The summed E-state index contributed by atoms with van der Waals surface area (Å²) in [5, 5.41) is 0. The van der Waals surface area contributed by atoms with Crippen LogP contribution in [-0.4, -0.2) is 50.2 Å². The van der Waals surface area contributed by atoms with Gasteiger partial charge in [0.15, 0.2) is 0 Å². The second-order valence-corrected chi connectivity index (χ2v) is 5.31. The molecule has 0 aliphatic carbocycles. The highest BCUT2D eigenvalue weighted by Gasteiger charge is 2.21. The predicted octanol–water partition coefficient (Wildman–Crippen LogP) is 2.08. The molecule has 0 fully saturated rings. The van der Waals surface area contributed by atoms with E-state index in [9.17, 15) is 14.0 Å². The number of methoxy groups -OCH3 is 1. The molecule has 0 heterocycles. The van der Waals surface area contributed by atoms with E-state index < -0.39 is 17.7 Å². The largest absolute Gasteiger partial charge is 0.465 e. The third kappa shape index (κ3) is 5.58. The number of benzene rings is 1. The zero-order valence-electron chi connectivity index (χ0n) is 11.9. The second kappa shape index (κ2) is 8.93. The Kier molecular flexibility index (Phi) is 7.58. The summed E-state index contributed by atoms with van der Waals surface area (Å²) in [7, 11) is 1.50. The predicted molar refractivity (Wildman–Crippen MR) is 83.5 cm³/mol. The number of halogens is 2. The first-order chi connectivity index (χ1) is 9.99. The Morgan fingerprint density at radius 2 is 2.10 bits per heavy atom. The number of amides is 1. The maximum absolute atomic E-state index is 13.3. The maximum atomic E-state index is 13.3. The molecule has 0 bridgehead atoms. The monoisotopic (exact) mass is 409 g/mol. The zero-order valence-corrected chi connectivity index (χ0v) is 14.1. The number of rotatable bonds is 7. The summed E-state index contributed by atoms with van der Waals surface area (Å²) >= 11 is 1.95. The molecule has 0 atom stereocenters. The Bertz CT molecular complexity index is 510. The number of esters is 1. The van der Waals surface area contributed by atoms with Crippen molar-refractivity contribution in [3.63, 3.8) is 0 Å². The second-order valence-electron chi connectivity index (χ2n) is 4.15. The van der Waals surface area contributed by atoms with Gasteiger partial charge in [-0.3, -0.25) is 9.59 Å². The summed E-state index contributed by atoms with van der Waals surface area (Å²) in [6.45, 7) is 2.23. The number of nitrogens with zero attached hydrogens (tertiary/aromatic N) is 1. The van der Waals surface area contributed by atoms with Crippen molar-refractivity contribution in [1.82, 2.24) is 4.90 Å². The molecule has 1 aromatic carbocycles. The van der Waals surface area contributed by atoms with Crippen LogP contribution in [0.5, 0.6) is 0 Å². The van der Waals surface area contributed by atoms with E-state index in [4.69, 9.17) is 9.47 Å². The molecule has 0 N–H and O–H groups in total. The maximum Gasteiger partial charge on any atom is 0.325 e. The Balaban J connectivity index is 2.92. The Morgan fingerprint density at radius 1 is 1.38 bits per heavy atom. The van der Waals surface area contributed by atoms with Crippen molar-refractivity contribution < 1.29 is 23.5 Å². The van der Waals surface area contributed by atoms with Crippen LogP contribution in [-0.2, 0) is 14.3 Å². The van der Waals surface area contributed by atoms with Gasteiger partial charge >= 0.3 is 5.97 Å². The van der Waals surface area contributed by atoms with E-state index >= 15 is 0 Å². The quantitative estimate of drug-likeness (QED) is 0.511. The first-order valence-electron chi connectivity index (χ1n) is 6.38. The lowest BCUT2D eigenvalue weighted by atomic mass is 10.2. The average Bonchev–Trinajstić information content (AvgIpc) is 2.45. The van der Waals surface area contributed by atoms with Crippen LogP contribution >= 0.6 is 22.6 Å². The fourth-order valence-electron chi connectivity index (χ4n) is 1.65. The van der Waals surface area contributed by atoms with Crippen LogP contribution in [0, 0.1) is 9.39 Å². The number of carbonyl (C=O) groups excluding carboxylic acids is 2. The van der Waals surface area contributed by atoms with Crippen LogP contribution in [0.2, 0.25) is 0 Å². The summed E-state index contributed by atoms with van der Waals surface area (Å²) in [6, 6.07) is 3.96. The minimum absolute atomic E-state index is 0.192. The molecule has 0 radical (unpaired) electrons. The first-order valence-corrected chi connectivity index (χ1v) is 7.46. The summed E-state index contributed by atoms with van der Waals surface area (Å²) in [5.41, 5.74) is 0.219. The van der Waals surface area contributed by atoms with Crippen molar-refractivity contribution in [3.05, 3.63) is 33.1 Å². The van der Waals surface area contributed by atoms with Gasteiger partial charge in [0.1, 0.15) is 12.4 Å². The van der Waals surface area contributed by atoms with E-state index in [1.165, 1.54) is 24.1 Å². The van der Waals surface area contributed by atoms with Gasteiger partial charge in [0.25, 0.3) is 5.91 Å². The van der Waals surface area contributed by atoms with Crippen molar-refractivity contribution in [2.24, 2.45) is 0 Å². The number of hydrogen-bond acceptors (Lipinski definition) is 4. The van der Waals surface area contributed by atoms with Gasteiger partial charge in [0.2, 0.25) is 0 Å². The highest BCUT2D eigenvalue weighted by Crippen LogP contribution is 2.16. The van der Waals surface area contributed by atoms with Crippen molar-refractivity contribution in [2.75, 3.05) is 33.4 Å². The average molecular weight is 409 g/mol. The van der Waals surface area contributed by atoms with E-state index in [0.29, 0.717) is 3.57 Å². The fourth-order valence-corrected chi connectivity index (χ4v) is 2.21. The van der Waals surface area contributed by atoms with Crippen LogP contribution in [0.1, 0.15) is 17.3 Å². The van der Waals surface area contributed by atoms with Crippen LogP contribution in [0.15, 0.2) is 18.2 Å². The SMILES string of the molecule is CCOC(=O)CN(CCOC)C(=O)c1cc(F)ccc1I. The molecule has 1 aromatic rings. The van der Waals surface area contributed by atoms with Crippen LogP contribution in [0.3, 0.4) is 0 Å². The molecular formula is C14H17FINO4. The van der Waals surface area contributed by atoms with Gasteiger partial charge < -0.3 is 14.4 Å². The molecule has 7 heteroatoms. The van der Waals surface area contributed by atoms with Gasteiger partial charge in [-0.15, -0.1) is 0 Å². The minimum Gasteiger partial charge on any atom is -0.465 e. The first kappa shape index (κ1) is 17.8. The molecular weight excluding hydrogens is 392 g/mol. The molecule has 0 aromatic heterocycles. The van der Waals surface area contributed by atoms with Crippen molar-refractivity contribution in [3.8, 4) is 0 Å². The standard InChI is InChI=1S/C14H17FINO4/c1-3-21-13(18)9-17(6-7-20-2)14(19)11-8-10(15)4-5-12(11)16/h4-5,8H,3,6-7,9H2,1-2H3. The van der Waals surface area contributed by atoms with Crippen molar-refractivity contribution >= 4 is 34.5 Å². The van der Waals surface area contributed by atoms with Gasteiger partial charge in [0.05, 0.1) is 18.8 Å². The van der Waals surface area contributed by atoms with Gasteiger partial charge in [0, 0.05) is 17.2 Å². The third-order valence-electron chi connectivity index (χ3n) is 2.64. The zero-order chi connectivity index (χ0) is 15.8. The van der Waals surface area contributed by atoms with Gasteiger partial charge in [-0.25, -0.2) is 4.39 Å². The van der Waals surface area contributed by atoms with E-state index in [1.807, 2.05) is 22.6 Å². The molecule has 0 saturated heterocycles. The lowest BCUT2D eigenvalue weighted by Crippen LogP contribution is -2.39. The molecule has 0 spiro atoms. The molecule has 0 unspecified atom stereocenters. The molecule has 0 aliphatic heterocycles. The fraction of sp³-hybridized carbons (Fsp3) is 0.429. The van der Waals surface area contributed by atoms with Crippen LogP contribution in [0.25, 0.3) is 0 Å². The summed E-state index contributed by atoms with van der Waals surface area (Å²) in [6.07, 6.45) is 0. The summed E-state index contributed by atoms with van der Waals surface area (Å²) in [5.74, 6) is -1.43. The summed E-state index contributed by atoms with van der Waals surface area (Å²) in [4.78, 5) is 25.3. The van der Waals surface area contributed by atoms with E-state index in [1.54, 1.807) is 6.92 Å². The highest BCUT2D eigenvalue weighted by atomic mass is 127. The van der Waals surface area contributed by atoms with Crippen molar-refractivity contribution in [1.29, 1.82) is 0 Å². The van der Waals surface area contributed by atoms with Gasteiger partial charge in [-0.2, -0.15) is 0 Å². The Hall–Kier alpha value is -1.22. The third-order valence-corrected chi connectivity index (χ3v) is 3.58. The lowest BCUT2D eigenvalue weighted by Gasteiger charge is -2.22. The molecule has 0 saturated carbocycles. The normalized spacial score (nSPS) is 10.3. The molecule has 1 rings (SSSR count). The summed E-state index contributed by atoms with van der Waals surface area (Å²) < 4.78 is 23.7. The van der Waals surface area contributed by atoms with E-state index in [-0.39, 0.29) is 31.9 Å². The molecule has 1 amide bonds. The molecule has 0 aliphatic rings. The van der Waals surface area contributed by atoms with Gasteiger partial charge in [-0.05, 0) is 47.7 Å². The molecule has 5 nitrogen and oxygen atoms in total. The Labute approximate surface area is 136 Å². The van der Waals surface area contributed by atoms with Crippen LogP contribution < -0.4 is 0 Å². The van der Waals surface area contributed by atoms with E-state index in [2.05, 4.69) is 0 Å². The molecule has 116 valence electrons. The molecule has 21 heavy (non-hydrogen) atoms. The highest BCUT2D eigenvalue weighted by molar-refractivity contribution is 14.1. The topological polar surface area (TPSA) is 55.8 Å². The lowest BCUT2D eigenvalue weighted by molar-refractivity contribution is -0.143. The Morgan fingerprint density at radius 3 is 2.71 bits per heavy atom. The van der Waals surface area contributed by atoms with Crippen molar-refractivity contribution in [2.45, 2.75) is 6.92 Å². The number of ether oxygens (including phenoxy) is 2. The smallest absolute Gasteiger partial charge is 0.325 e. The minimum atomic E-state index is -0.506. The number of hydrogen-bond donors (Lipinski definition) is 0. The van der Waals surface area contributed by atoms with Gasteiger partial charge in [-0.1, -0.05) is 0 Å². The van der Waals surface area contributed by atoms with Crippen LogP contribution in [0.4, 0.5) is 4.39 Å². The van der Waals surface area contributed by atoms with E-state index in [0.717, 1.165) is 6.07 Å². The number of carbonyl (C=O) groups is 2.